The van der Waals surface area contributed by atoms with Crippen molar-refractivity contribution in [1.29, 1.82) is 0 Å². The number of carbonyl (C=O) groups is 2. The van der Waals surface area contributed by atoms with Gasteiger partial charge in [-0.1, -0.05) is 81.1 Å². The van der Waals surface area contributed by atoms with Crippen LogP contribution in [0.15, 0.2) is 54.6 Å². The van der Waals surface area contributed by atoms with E-state index >= 15 is 0 Å². The molecule has 1 heterocycles. The molecule has 5 heteroatoms. The highest BCUT2D eigenvalue weighted by atomic mass is 32.2. The van der Waals surface area contributed by atoms with Gasteiger partial charge in [-0.25, -0.2) is 0 Å². The lowest BCUT2D eigenvalue weighted by molar-refractivity contribution is -0.139. The second kappa shape index (κ2) is 6.89. The molecule has 0 bridgehead atoms. The summed E-state index contributed by atoms with van der Waals surface area (Å²) in [6.45, 7) is 6.17. The lowest BCUT2D eigenvalue weighted by atomic mass is 9.92. The molecule has 1 atom stereocenters. The average Bonchev–Trinajstić information content (AvgIpc) is 2.76. The van der Waals surface area contributed by atoms with Gasteiger partial charge in [-0.2, -0.15) is 0 Å². The Labute approximate surface area is 158 Å². The van der Waals surface area contributed by atoms with Gasteiger partial charge in [-0.05, 0) is 11.6 Å². The van der Waals surface area contributed by atoms with Gasteiger partial charge in [0.05, 0.1) is 18.7 Å². The normalized spacial score (nSPS) is 19.5. The third-order valence-electron chi connectivity index (χ3n) is 4.24. The molecule has 0 aliphatic carbocycles. The van der Waals surface area contributed by atoms with Crippen LogP contribution in [0.25, 0.3) is 0 Å². The molecule has 1 aliphatic rings. The first-order valence-electron chi connectivity index (χ1n) is 8.60. The SMILES string of the molecule is CC(C)(C)SC(=O)CC1(O)C(=O)N(Cc2ccccc2)c2ccccc21. The Morgan fingerprint density at radius 1 is 1.08 bits per heavy atom. The summed E-state index contributed by atoms with van der Waals surface area (Å²) < 4.78 is -0.266. The molecule has 0 saturated heterocycles. The van der Waals surface area contributed by atoms with E-state index in [1.54, 1.807) is 17.0 Å². The third kappa shape index (κ3) is 3.69. The zero-order valence-corrected chi connectivity index (χ0v) is 16.0. The molecule has 1 aliphatic heterocycles. The molecule has 0 aromatic heterocycles. The molecule has 3 rings (SSSR count). The van der Waals surface area contributed by atoms with E-state index in [0.29, 0.717) is 17.8 Å². The first-order valence-corrected chi connectivity index (χ1v) is 9.42. The Balaban J connectivity index is 1.92. The monoisotopic (exact) mass is 369 g/mol. The summed E-state index contributed by atoms with van der Waals surface area (Å²) in [5.41, 5.74) is 0.331. The Morgan fingerprint density at radius 2 is 1.69 bits per heavy atom. The number of amides is 1. The molecule has 0 spiro atoms. The maximum absolute atomic E-state index is 13.1. The Bertz CT molecular complexity index is 829. The van der Waals surface area contributed by atoms with E-state index < -0.39 is 11.5 Å². The largest absolute Gasteiger partial charge is 0.375 e. The molecule has 26 heavy (non-hydrogen) atoms. The van der Waals surface area contributed by atoms with Crippen molar-refractivity contribution in [2.24, 2.45) is 0 Å². The van der Waals surface area contributed by atoms with Crippen molar-refractivity contribution < 1.29 is 14.7 Å². The lowest BCUT2D eigenvalue weighted by Gasteiger charge is -2.24. The van der Waals surface area contributed by atoms with Gasteiger partial charge in [0.15, 0.2) is 10.7 Å². The zero-order valence-electron chi connectivity index (χ0n) is 15.2. The number of thioether (sulfide) groups is 1. The molecule has 0 radical (unpaired) electrons. The fourth-order valence-electron chi connectivity index (χ4n) is 3.19. The number of para-hydroxylation sites is 1. The van der Waals surface area contributed by atoms with Crippen LogP contribution in [0.4, 0.5) is 5.69 Å². The zero-order chi connectivity index (χ0) is 18.9. The van der Waals surface area contributed by atoms with Crippen LogP contribution in [-0.4, -0.2) is 20.9 Å². The number of benzene rings is 2. The maximum atomic E-state index is 13.1. The Kier molecular flexibility index (Phi) is 4.95. The quantitative estimate of drug-likeness (QED) is 0.889. The molecule has 0 fully saturated rings. The van der Waals surface area contributed by atoms with Gasteiger partial charge in [0.25, 0.3) is 5.91 Å². The summed E-state index contributed by atoms with van der Waals surface area (Å²) in [4.78, 5) is 27.1. The van der Waals surface area contributed by atoms with Gasteiger partial charge in [-0.15, -0.1) is 0 Å². The standard InChI is InChI=1S/C21H23NO3S/c1-20(2,3)26-18(23)13-21(25)16-11-7-8-12-17(16)22(19(21)24)14-15-9-5-4-6-10-15/h4-12,25H,13-14H2,1-3H3. The Hall–Kier alpha value is -2.11. The number of nitrogens with zero attached hydrogens (tertiary/aromatic N) is 1. The minimum absolute atomic E-state index is 0.190. The second-order valence-corrected chi connectivity index (χ2v) is 9.40. The second-order valence-electron chi connectivity index (χ2n) is 7.52. The summed E-state index contributed by atoms with van der Waals surface area (Å²) >= 11 is 1.15. The van der Waals surface area contributed by atoms with Crippen LogP contribution >= 0.6 is 11.8 Å². The van der Waals surface area contributed by atoms with Crippen LogP contribution in [0, 0.1) is 0 Å². The van der Waals surface area contributed by atoms with E-state index in [9.17, 15) is 14.7 Å². The van der Waals surface area contributed by atoms with Gasteiger partial charge < -0.3 is 10.0 Å². The van der Waals surface area contributed by atoms with Crippen molar-refractivity contribution in [3.8, 4) is 0 Å². The molecule has 4 nitrogen and oxygen atoms in total. The summed E-state index contributed by atoms with van der Waals surface area (Å²) in [7, 11) is 0. The summed E-state index contributed by atoms with van der Waals surface area (Å²) in [6.07, 6.45) is -0.226. The molecular formula is C21H23NO3S. The van der Waals surface area contributed by atoms with Gasteiger partial charge in [0, 0.05) is 10.3 Å². The van der Waals surface area contributed by atoms with Crippen molar-refractivity contribution in [1.82, 2.24) is 0 Å². The first kappa shape index (κ1) is 18.7. The number of anilines is 1. The van der Waals surface area contributed by atoms with Crippen LogP contribution in [0.3, 0.4) is 0 Å². The number of hydrogen-bond donors (Lipinski definition) is 1. The smallest absolute Gasteiger partial charge is 0.264 e. The molecule has 2 aromatic carbocycles. The van der Waals surface area contributed by atoms with Gasteiger partial charge >= 0.3 is 0 Å². The van der Waals surface area contributed by atoms with Crippen molar-refractivity contribution >= 4 is 28.5 Å². The van der Waals surface area contributed by atoms with Crippen molar-refractivity contribution in [3.63, 3.8) is 0 Å². The number of rotatable bonds is 4. The fourth-order valence-corrected chi connectivity index (χ4v) is 4.15. The molecule has 2 aromatic rings. The summed E-state index contributed by atoms with van der Waals surface area (Å²) in [5, 5.41) is 11.0. The minimum Gasteiger partial charge on any atom is -0.375 e. The van der Waals surface area contributed by atoms with E-state index in [-0.39, 0.29) is 16.3 Å². The maximum Gasteiger partial charge on any atom is 0.264 e. The average molecular weight is 369 g/mol. The lowest BCUT2D eigenvalue weighted by Crippen LogP contribution is -2.41. The number of hydrogen-bond acceptors (Lipinski definition) is 4. The van der Waals surface area contributed by atoms with Gasteiger partial charge in [0.2, 0.25) is 0 Å². The molecule has 0 saturated carbocycles. The third-order valence-corrected chi connectivity index (χ3v) is 5.23. The first-order chi connectivity index (χ1) is 12.2. The number of fused-ring (bicyclic) bond motifs is 1. The summed E-state index contributed by atoms with van der Waals surface area (Å²) in [6, 6.07) is 16.8. The predicted octanol–water partition coefficient (Wildman–Crippen LogP) is 3.87. The molecular weight excluding hydrogens is 346 g/mol. The minimum atomic E-state index is -1.80. The highest BCUT2D eigenvalue weighted by Crippen LogP contribution is 2.44. The molecule has 1 N–H and O–H groups in total. The van der Waals surface area contributed by atoms with E-state index in [0.717, 1.165) is 17.3 Å². The topological polar surface area (TPSA) is 57.6 Å². The molecule has 136 valence electrons. The van der Waals surface area contributed by atoms with Crippen LogP contribution in [-0.2, 0) is 21.7 Å². The van der Waals surface area contributed by atoms with Crippen molar-refractivity contribution in [2.75, 3.05) is 4.90 Å². The van der Waals surface area contributed by atoms with E-state index in [1.165, 1.54) is 0 Å². The predicted molar refractivity (Wildman–Crippen MR) is 105 cm³/mol. The Morgan fingerprint density at radius 3 is 2.35 bits per heavy atom. The molecule has 1 amide bonds. The highest BCUT2D eigenvalue weighted by molar-refractivity contribution is 8.14. The van der Waals surface area contributed by atoms with Gasteiger partial charge in [-0.3, -0.25) is 9.59 Å². The van der Waals surface area contributed by atoms with E-state index in [4.69, 9.17) is 0 Å². The van der Waals surface area contributed by atoms with Crippen LogP contribution < -0.4 is 4.90 Å². The highest BCUT2D eigenvalue weighted by Gasteiger charge is 2.50. The van der Waals surface area contributed by atoms with Crippen LogP contribution in [0.1, 0.15) is 38.3 Å². The van der Waals surface area contributed by atoms with E-state index in [2.05, 4.69) is 0 Å². The van der Waals surface area contributed by atoms with Crippen molar-refractivity contribution in [3.05, 3.63) is 65.7 Å². The number of carbonyl (C=O) groups excluding carboxylic acids is 2. The number of aliphatic hydroxyl groups is 1. The molecule has 1 unspecified atom stereocenters. The van der Waals surface area contributed by atoms with E-state index in [1.807, 2.05) is 63.2 Å². The van der Waals surface area contributed by atoms with Gasteiger partial charge in [0.1, 0.15) is 0 Å². The fraction of sp³-hybridized carbons (Fsp3) is 0.333. The van der Waals surface area contributed by atoms with Crippen LogP contribution in [0.5, 0.6) is 0 Å². The summed E-state index contributed by atoms with van der Waals surface area (Å²) in [5.74, 6) is -0.439. The van der Waals surface area contributed by atoms with Crippen molar-refractivity contribution in [2.45, 2.75) is 44.1 Å². The van der Waals surface area contributed by atoms with Crippen LogP contribution in [0.2, 0.25) is 0 Å².